The van der Waals surface area contributed by atoms with Crippen LogP contribution in [0, 0.1) is 0 Å². The predicted octanol–water partition coefficient (Wildman–Crippen LogP) is 6.37. The van der Waals surface area contributed by atoms with Crippen LogP contribution in [0.2, 0.25) is 0 Å². The summed E-state index contributed by atoms with van der Waals surface area (Å²) in [5.41, 5.74) is 0. The van der Waals surface area contributed by atoms with Crippen LogP contribution in [0.1, 0.15) is 90.9 Å². The predicted molar refractivity (Wildman–Crippen MR) is 89.6 cm³/mol. The van der Waals surface area contributed by atoms with Crippen LogP contribution >= 0.6 is 11.6 Å². The third-order valence-electron chi connectivity index (χ3n) is 3.81. The van der Waals surface area contributed by atoms with E-state index in [9.17, 15) is 4.79 Å². The normalized spacial score (nSPS) is 10.8. The molecule has 0 fully saturated rings. The van der Waals surface area contributed by atoms with E-state index in [-0.39, 0.29) is 5.37 Å². The molecule has 0 atom stereocenters. The maximum Gasteiger partial charge on any atom is 0.316 e. The molecule has 0 unspecified atom stereocenters. The molecule has 0 saturated carbocycles. The number of nitrogens with zero attached hydrogens (tertiary/aromatic N) is 1. The summed E-state index contributed by atoms with van der Waals surface area (Å²) in [6.07, 6.45) is 15.1. The Morgan fingerprint density at radius 3 is 1.40 bits per heavy atom. The lowest BCUT2D eigenvalue weighted by molar-refractivity contribution is 0.219. The van der Waals surface area contributed by atoms with Crippen molar-refractivity contribution >= 4 is 17.0 Å². The Kier molecular flexibility index (Phi) is 15.0. The van der Waals surface area contributed by atoms with Crippen LogP contribution in [-0.4, -0.2) is 23.4 Å². The fourth-order valence-corrected chi connectivity index (χ4v) is 2.62. The minimum atomic E-state index is -0.271. The molecule has 0 bridgehead atoms. The van der Waals surface area contributed by atoms with Crippen LogP contribution in [0.4, 0.5) is 4.79 Å². The molecule has 0 N–H and O–H groups in total. The van der Waals surface area contributed by atoms with Gasteiger partial charge in [0.25, 0.3) is 0 Å². The van der Waals surface area contributed by atoms with Gasteiger partial charge in [-0.3, -0.25) is 4.79 Å². The van der Waals surface area contributed by atoms with E-state index in [1.54, 1.807) is 0 Å². The molecular weight excluding hydrogens is 270 g/mol. The summed E-state index contributed by atoms with van der Waals surface area (Å²) < 4.78 is 0. The Hall–Kier alpha value is -0.240. The lowest BCUT2D eigenvalue weighted by Gasteiger charge is -2.19. The highest BCUT2D eigenvalue weighted by Gasteiger charge is 2.09. The number of carbonyl (C=O) groups is 1. The van der Waals surface area contributed by atoms with Gasteiger partial charge in [0.05, 0.1) is 0 Å². The molecule has 0 saturated heterocycles. The van der Waals surface area contributed by atoms with E-state index in [0.717, 1.165) is 25.9 Å². The molecule has 0 radical (unpaired) electrons. The first-order valence-corrected chi connectivity index (χ1v) is 9.04. The SMILES string of the molecule is CCCCCCCCN(CCCCCCCC)C(=O)Cl. The molecule has 2 nitrogen and oxygen atoms in total. The Morgan fingerprint density at radius 2 is 1.05 bits per heavy atom. The van der Waals surface area contributed by atoms with Gasteiger partial charge in [0.1, 0.15) is 0 Å². The molecule has 1 amide bonds. The molecule has 0 aromatic carbocycles. The molecule has 120 valence electrons. The zero-order valence-electron chi connectivity index (χ0n) is 13.6. The van der Waals surface area contributed by atoms with Gasteiger partial charge in [-0.25, -0.2) is 0 Å². The van der Waals surface area contributed by atoms with Crippen LogP contribution in [0.3, 0.4) is 0 Å². The van der Waals surface area contributed by atoms with Gasteiger partial charge in [0.15, 0.2) is 0 Å². The van der Waals surface area contributed by atoms with Crippen LogP contribution in [0.15, 0.2) is 0 Å². The van der Waals surface area contributed by atoms with Gasteiger partial charge in [-0.15, -0.1) is 0 Å². The number of carbonyl (C=O) groups excluding carboxylic acids is 1. The molecule has 0 spiro atoms. The summed E-state index contributed by atoms with van der Waals surface area (Å²) in [6.45, 7) is 6.13. The van der Waals surface area contributed by atoms with Gasteiger partial charge in [0.2, 0.25) is 0 Å². The van der Waals surface area contributed by atoms with Crippen LogP contribution < -0.4 is 0 Å². The largest absolute Gasteiger partial charge is 0.329 e. The average molecular weight is 304 g/mol. The number of hydrogen-bond acceptors (Lipinski definition) is 1. The Labute approximate surface area is 131 Å². The van der Waals surface area contributed by atoms with Gasteiger partial charge in [-0.2, -0.15) is 0 Å². The zero-order valence-corrected chi connectivity index (χ0v) is 14.4. The monoisotopic (exact) mass is 303 g/mol. The second-order valence-corrected chi connectivity index (χ2v) is 6.10. The first-order valence-electron chi connectivity index (χ1n) is 8.66. The molecule has 3 heteroatoms. The van der Waals surface area contributed by atoms with E-state index in [1.165, 1.54) is 64.2 Å². The van der Waals surface area contributed by atoms with Gasteiger partial charge in [0, 0.05) is 13.1 Å². The van der Waals surface area contributed by atoms with Crippen molar-refractivity contribution in [3.05, 3.63) is 0 Å². The highest BCUT2D eigenvalue weighted by atomic mass is 35.5. The third-order valence-corrected chi connectivity index (χ3v) is 4.05. The van der Waals surface area contributed by atoms with E-state index >= 15 is 0 Å². The van der Waals surface area contributed by atoms with E-state index in [4.69, 9.17) is 11.6 Å². The van der Waals surface area contributed by atoms with Gasteiger partial charge >= 0.3 is 5.37 Å². The minimum absolute atomic E-state index is 0.271. The smallest absolute Gasteiger partial charge is 0.316 e. The highest BCUT2D eigenvalue weighted by Crippen LogP contribution is 2.10. The average Bonchev–Trinajstić information content (AvgIpc) is 2.43. The third kappa shape index (κ3) is 12.8. The van der Waals surface area contributed by atoms with Crippen LogP contribution in [0.5, 0.6) is 0 Å². The standard InChI is InChI=1S/C17H34ClNO/c1-3-5-7-9-11-13-15-19(17(18)20)16-14-12-10-8-6-4-2/h3-16H2,1-2H3. The van der Waals surface area contributed by atoms with Crippen molar-refractivity contribution in [2.24, 2.45) is 0 Å². The van der Waals surface area contributed by atoms with E-state index in [2.05, 4.69) is 13.8 Å². The molecule has 0 aliphatic carbocycles. The molecule has 0 heterocycles. The van der Waals surface area contributed by atoms with Crippen LogP contribution in [0.25, 0.3) is 0 Å². The van der Waals surface area contributed by atoms with Crippen molar-refractivity contribution in [3.63, 3.8) is 0 Å². The van der Waals surface area contributed by atoms with Crippen molar-refractivity contribution < 1.29 is 4.79 Å². The maximum absolute atomic E-state index is 11.4. The Bertz CT molecular complexity index is 205. The first kappa shape index (κ1) is 19.8. The fourth-order valence-electron chi connectivity index (χ4n) is 2.45. The van der Waals surface area contributed by atoms with Gasteiger partial charge in [-0.1, -0.05) is 78.1 Å². The zero-order chi connectivity index (χ0) is 15.1. The Balaban J connectivity index is 3.53. The molecule has 0 rings (SSSR count). The summed E-state index contributed by atoms with van der Waals surface area (Å²) >= 11 is 5.66. The molecule has 0 aromatic heterocycles. The van der Waals surface area contributed by atoms with Crippen LogP contribution in [-0.2, 0) is 0 Å². The maximum atomic E-state index is 11.4. The second-order valence-electron chi connectivity index (χ2n) is 5.78. The number of unbranched alkanes of at least 4 members (excludes halogenated alkanes) is 10. The number of amides is 1. The van der Waals surface area contributed by atoms with E-state index in [0.29, 0.717) is 0 Å². The fraction of sp³-hybridized carbons (Fsp3) is 0.941. The van der Waals surface area contributed by atoms with Crippen molar-refractivity contribution in [2.75, 3.05) is 13.1 Å². The van der Waals surface area contributed by atoms with Gasteiger partial charge < -0.3 is 4.90 Å². The van der Waals surface area contributed by atoms with E-state index < -0.39 is 0 Å². The molecule has 20 heavy (non-hydrogen) atoms. The number of halogens is 1. The summed E-state index contributed by atoms with van der Waals surface area (Å²) in [4.78, 5) is 13.2. The summed E-state index contributed by atoms with van der Waals surface area (Å²) in [5.74, 6) is 0. The first-order chi connectivity index (χ1) is 9.72. The number of rotatable bonds is 14. The van der Waals surface area contributed by atoms with Crippen molar-refractivity contribution in [3.8, 4) is 0 Å². The summed E-state index contributed by atoms with van der Waals surface area (Å²) in [7, 11) is 0. The summed E-state index contributed by atoms with van der Waals surface area (Å²) in [6, 6.07) is 0. The van der Waals surface area contributed by atoms with Crippen molar-refractivity contribution in [1.29, 1.82) is 0 Å². The molecule has 0 aliphatic heterocycles. The second kappa shape index (κ2) is 15.2. The lowest BCUT2D eigenvalue weighted by Crippen LogP contribution is -2.28. The molecular formula is C17H34ClNO. The Morgan fingerprint density at radius 1 is 0.700 bits per heavy atom. The summed E-state index contributed by atoms with van der Waals surface area (Å²) in [5, 5.41) is -0.271. The van der Waals surface area contributed by atoms with Crippen molar-refractivity contribution in [1.82, 2.24) is 4.90 Å². The number of hydrogen-bond donors (Lipinski definition) is 0. The van der Waals surface area contributed by atoms with E-state index in [1.807, 2.05) is 4.90 Å². The lowest BCUT2D eigenvalue weighted by atomic mass is 10.1. The minimum Gasteiger partial charge on any atom is -0.329 e. The molecule has 0 aliphatic rings. The van der Waals surface area contributed by atoms with Crippen molar-refractivity contribution in [2.45, 2.75) is 90.9 Å². The quantitative estimate of drug-likeness (QED) is 0.207. The molecule has 0 aromatic rings. The highest BCUT2D eigenvalue weighted by molar-refractivity contribution is 6.62. The van der Waals surface area contributed by atoms with Gasteiger partial charge in [-0.05, 0) is 24.4 Å². The topological polar surface area (TPSA) is 20.3 Å².